The normalized spacial score (nSPS) is 16.7. The number of aromatic nitrogens is 6. The molecule has 2 aliphatic carbocycles. The maximum Gasteiger partial charge on any atom is 0.327 e. The summed E-state index contributed by atoms with van der Waals surface area (Å²) in [5.74, 6) is -0.521. The summed E-state index contributed by atoms with van der Waals surface area (Å²) in [5.41, 5.74) is 8.32. The minimum Gasteiger partial charge on any atom is -0.383 e. The molecule has 168 valence electrons. The molecule has 2 amide bonds. The van der Waals surface area contributed by atoms with Crippen molar-refractivity contribution in [3.05, 3.63) is 36.2 Å². The minimum absolute atomic E-state index is 0.00843. The van der Waals surface area contributed by atoms with Crippen molar-refractivity contribution in [3.8, 4) is 11.3 Å². The third-order valence-corrected chi connectivity index (χ3v) is 6.12. The highest BCUT2D eigenvalue weighted by Gasteiger charge is 2.42. The lowest BCUT2D eigenvalue weighted by Gasteiger charge is -2.07. The number of pyridine rings is 1. The van der Waals surface area contributed by atoms with Gasteiger partial charge in [0.15, 0.2) is 17.3 Å². The fraction of sp³-hybridized carbons (Fsp3) is 0.333. The van der Waals surface area contributed by atoms with Crippen LogP contribution in [0.4, 0.5) is 26.7 Å². The molecule has 0 unspecified atom stereocenters. The van der Waals surface area contributed by atoms with Crippen molar-refractivity contribution in [1.82, 2.24) is 29.9 Å². The average Bonchev–Trinajstić information content (AvgIpc) is 3.68. The van der Waals surface area contributed by atoms with Gasteiger partial charge in [-0.1, -0.05) is 12.1 Å². The van der Waals surface area contributed by atoms with Crippen molar-refractivity contribution >= 4 is 34.6 Å². The lowest BCUT2D eigenvalue weighted by atomic mass is 10.1. The number of anilines is 3. The highest BCUT2D eigenvalue weighted by Crippen LogP contribution is 2.47. The van der Waals surface area contributed by atoms with E-state index in [2.05, 4.69) is 42.8 Å². The molecule has 4 heterocycles. The van der Waals surface area contributed by atoms with Crippen LogP contribution in [-0.2, 0) is 5.41 Å². The second-order valence-electron chi connectivity index (χ2n) is 8.75. The van der Waals surface area contributed by atoms with Crippen LogP contribution in [0.2, 0.25) is 0 Å². The Labute approximate surface area is 186 Å². The zero-order chi connectivity index (χ0) is 22.7. The molecule has 0 saturated heterocycles. The lowest BCUT2D eigenvalue weighted by Crippen LogP contribution is -2.20. The Kier molecular flexibility index (Phi) is 4.13. The van der Waals surface area contributed by atoms with Gasteiger partial charge < -0.3 is 10.3 Å². The summed E-state index contributed by atoms with van der Waals surface area (Å²) in [5, 5.41) is 14.0. The topological polar surface area (TPSA) is 150 Å². The number of carbonyl (C=O) groups is 1. The highest BCUT2D eigenvalue weighted by atomic mass is 19.1. The molecule has 0 atom stereocenters. The van der Waals surface area contributed by atoms with Crippen LogP contribution in [0.1, 0.15) is 44.3 Å². The van der Waals surface area contributed by atoms with E-state index in [1.54, 1.807) is 10.7 Å². The second-order valence-corrected chi connectivity index (χ2v) is 8.75. The van der Waals surface area contributed by atoms with Gasteiger partial charge in [-0.2, -0.15) is 5.10 Å². The smallest absolute Gasteiger partial charge is 0.327 e. The van der Waals surface area contributed by atoms with Crippen molar-refractivity contribution in [2.45, 2.75) is 44.1 Å². The SMILES string of the molecule is CC1(c2cc(NC(=O)Nc3ncc(-c4nn(C5CC5)c5ncnc(N)c45)cc3F)on2)CC1. The van der Waals surface area contributed by atoms with Gasteiger partial charge in [0.2, 0.25) is 5.88 Å². The van der Waals surface area contributed by atoms with Gasteiger partial charge in [0.1, 0.15) is 17.8 Å². The summed E-state index contributed by atoms with van der Waals surface area (Å²) in [6.07, 6.45) is 6.85. The van der Waals surface area contributed by atoms with Gasteiger partial charge in [-0.05, 0) is 31.7 Å². The quantitative estimate of drug-likeness (QED) is 0.418. The second kappa shape index (κ2) is 6.95. The number of carbonyl (C=O) groups excluding carboxylic acids is 1. The zero-order valence-corrected chi connectivity index (χ0v) is 17.7. The molecule has 0 aliphatic heterocycles. The Bertz CT molecular complexity index is 1400. The van der Waals surface area contributed by atoms with Gasteiger partial charge in [-0.25, -0.2) is 28.8 Å². The first-order chi connectivity index (χ1) is 15.9. The number of rotatable bonds is 5. The Hall–Kier alpha value is -4.09. The number of nitrogens with two attached hydrogens (primary N) is 1. The van der Waals surface area contributed by atoms with Crippen molar-refractivity contribution in [2.24, 2.45) is 0 Å². The van der Waals surface area contributed by atoms with Gasteiger partial charge in [-0.15, -0.1) is 0 Å². The van der Waals surface area contributed by atoms with Crippen molar-refractivity contribution < 1.29 is 13.7 Å². The molecule has 11 nitrogen and oxygen atoms in total. The van der Waals surface area contributed by atoms with Gasteiger partial charge in [-0.3, -0.25) is 10.6 Å². The van der Waals surface area contributed by atoms with E-state index in [4.69, 9.17) is 10.3 Å². The van der Waals surface area contributed by atoms with Crippen LogP contribution >= 0.6 is 0 Å². The molecule has 12 heteroatoms. The summed E-state index contributed by atoms with van der Waals surface area (Å²) in [4.78, 5) is 24.7. The molecular formula is C21H20FN9O2. The highest BCUT2D eigenvalue weighted by molar-refractivity contribution is 6.00. The molecule has 2 saturated carbocycles. The van der Waals surface area contributed by atoms with Crippen LogP contribution in [-0.4, -0.2) is 35.9 Å². The first-order valence-electron chi connectivity index (χ1n) is 10.6. The van der Waals surface area contributed by atoms with Gasteiger partial charge in [0.05, 0.1) is 17.1 Å². The summed E-state index contributed by atoms with van der Waals surface area (Å²) >= 11 is 0. The monoisotopic (exact) mass is 449 g/mol. The summed E-state index contributed by atoms with van der Waals surface area (Å²) < 4.78 is 21.8. The molecule has 2 aliphatic rings. The standard InChI is InChI=1S/C21H20FN9O2/c1-21(4-5-21)13-7-14(33-30-13)27-20(32)28-18-12(22)6-10(8-24-18)16-15-17(23)25-9-26-19(15)31(29-16)11-2-3-11/h6-9,11H,2-5H2,1H3,(H2,23,25,26)(H2,24,27,28,32). The first-order valence-corrected chi connectivity index (χ1v) is 10.6. The van der Waals surface area contributed by atoms with Crippen LogP contribution in [0.15, 0.2) is 29.2 Å². The van der Waals surface area contributed by atoms with Gasteiger partial charge >= 0.3 is 6.03 Å². The largest absolute Gasteiger partial charge is 0.383 e. The van der Waals surface area contributed by atoms with E-state index in [0.29, 0.717) is 22.3 Å². The predicted octanol–water partition coefficient (Wildman–Crippen LogP) is 3.63. The molecule has 2 fully saturated rings. The molecule has 33 heavy (non-hydrogen) atoms. The van der Waals surface area contributed by atoms with Gasteiger partial charge in [0.25, 0.3) is 0 Å². The van der Waals surface area contributed by atoms with E-state index in [1.807, 2.05) is 0 Å². The summed E-state index contributed by atoms with van der Waals surface area (Å²) in [7, 11) is 0. The van der Waals surface area contributed by atoms with E-state index in [9.17, 15) is 9.18 Å². The number of halogens is 1. The Morgan fingerprint density at radius 2 is 2.06 bits per heavy atom. The average molecular weight is 449 g/mol. The number of hydrogen-bond acceptors (Lipinski definition) is 8. The number of nitrogens with zero attached hydrogens (tertiary/aromatic N) is 6. The van der Waals surface area contributed by atoms with E-state index < -0.39 is 11.8 Å². The molecule has 4 N–H and O–H groups in total. The molecular weight excluding hydrogens is 429 g/mol. The Morgan fingerprint density at radius 3 is 2.79 bits per heavy atom. The molecule has 0 bridgehead atoms. The number of hydrogen-bond donors (Lipinski definition) is 3. The maximum absolute atomic E-state index is 14.8. The number of nitrogen functional groups attached to an aromatic ring is 1. The molecule has 6 rings (SSSR count). The van der Waals surface area contributed by atoms with Crippen LogP contribution in [0, 0.1) is 5.82 Å². The van der Waals surface area contributed by atoms with E-state index in [1.165, 1.54) is 18.6 Å². The molecule has 4 aromatic rings. The first kappa shape index (κ1) is 19.6. The number of fused-ring (bicyclic) bond motifs is 1. The zero-order valence-electron chi connectivity index (χ0n) is 17.7. The van der Waals surface area contributed by atoms with Crippen molar-refractivity contribution in [2.75, 3.05) is 16.4 Å². The molecule has 0 radical (unpaired) electrons. The fourth-order valence-electron chi connectivity index (χ4n) is 3.74. The third-order valence-electron chi connectivity index (χ3n) is 6.12. The van der Waals surface area contributed by atoms with Crippen LogP contribution in [0.25, 0.3) is 22.3 Å². The number of nitrogens with one attached hydrogen (secondary N) is 2. The molecule has 4 aromatic heterocycles. The summed E-state index contributed by atoms with van der Waals surface area (Å²) in [6, 6.07) is 2.47. The maximum atomic E-state index is 14.8. The lowest BCUT2D eigenvalue weighted by molar-refractivity contribution is 0.261. The number of amides is 2. The van der Waals surface area contributed by atoms with Crippen LogP contribution in [0.3, 0.4) is 0 Å². The molecule has 0 spiro atoms. The predicted molar refractivity (Wildman–Crippen MR) is 117 cm³/mol. The third kappa shape index (κ3) is 3.43. The Morgan fingerprint density at radius 1 is 1.24 bits per heavy atom. The van der Waals surface area contributed by atoms with E-state index >= 15 is 0 Å². The van der Waals surface area contributed by atoms with E-state index in [0.717, 1.165) is 31.4 Å². The van der Waals surface area contributed by atoms with Gasteiger partial charge in [0, 0.05) is 23.2 Å². The molecule has 0 aromatic carbocycles. The number of urea groups is 1. The fourth-order valence-corrected chi connectivity index (χ4v) is 3.74. The van der Waals surface area contributed by atoms with E-state index in [-0.39, 0.29) is 29.0 Å². The van der Waals surface area contributed by atoms with Crippen molar-refractivity contribution in [3.63, 3.8) is 0 Å². The minimum atomic E-state index is -0.726. The summed E-state index contributed by atoms with van der Waals surface area (Å²) in [6.45, 7) is 2.08. The Balaban J connectivity index is 1.24. The van der Waals surface area contributed by atoms with Crippen LogP contribution < -0.4 is 16.4 Å². The van der Waals surface area contributed by atoms with Crippen molar-refractivity contribution in [1.29, 1.82) is 0 Å². The van der Waals surface area contributed by atoms with Crippen LogP contribution in [0.5, 0.6) is 0 Å².